The van der Waals surface area contributed by atoms with E-state index in [-0.39, 0.29) is 0 Å². The van der Waals surface area contributed by atoms with Gasteiger partial charge in [0.15, 0.2) is 0 Å². The Morgan fingerprint density at radius 2 is 2.21 bits per heavy atom. The first-order chi connectivity index (χ1) is 9.22. The van der Waals surface area contributed by atoms with Gasteiger partial charge in [-0.3, -0.25) is 0 Å². The van der Waals surface area contributed by atoms with E-state index < -0.39 is 0 Å². The van der Waals surface area contributed by atoms with E-state index >= 15 is 0 Å². The lowest BCUT2D eigenvalue weighted by atomic mass is 10.3. The Hall–Kier alpha value is -1.37. The van der Waals surface area contributed by atoms with Crippen molar-refractivity contribution >= 4 is 46.1 Å². The van der Waals surface area contributed by atoms with Gasteiger partial charge in [-0.05, 0) is 18.6 Å². The predicted molar refractivity (Wildman–Crippen MR) is 77.3 cm³/mol. The Kier molecular flexibility index (Phi) is 3.54. The van der Waals surface area contributed by atoms with Gasteiger partial charge in [-0.2, -0.15) is 19.6 Å². The maximum atomic E-state index is 5.93. The molecule has 0 aromatic carbocycles. The summed E-state index contributed by atoms with van der Waals surface area (Å²) in [5.41, 5.74) is 0. The number of aromatic nitrogens is 4. The third kappa shape index (κ3) is 2.80. The summed E-state index contributed by atoms with van der Waals surface area (Å²) >= 11 is 13.4. The third-order valence-corrected chi connectivity index (χ3v) is 4.01. The van der Waals surface area contributed by atoms with Crippen LogP contribution in [0.2, 0.25) is 9.49 Å². The van der Waals surface area contributed by atoms with Crippen molar-refractivity contribution in [2.75, 3.05) is 11.9 Å². The largest absolute Gasteiger partial charge is 0.369 e. The summed E-state index contributed by atoms with van der Waals surface area (Å²) in [6.45, 7) is 0.756. The van der Waals surface area contributed by atoms with E-state index in [1.165, 1.54) is 11.2 Å². The van der Waals surface area contributed by atoms with Crippen LogP contribution < -0.4 is 5.32 Å². The molecule has 0 saturated carbocycles. The van der Waals surface area contributed by atoms with E-state index in [2.05, 4.69) is 20.4 Å². The number of hydrogen-bond donors (Lipinski definition) is 1. The summed E-state index contributed by atoms with van der Waals surface area (Å²) in [7, 11) is 0. The molecule has 0 radical (unpaired) electrons. The molecule has 3 aromatic rings. The van der Waals surface area contributed by atoms with Crippen LogP contribution in [0.25, 0.3) is 5.78 Å². The van der Waals surface area contributed by atoms with Crippen LogP contribution in [-0.2, 0) is 6.42 Å². The van der Waals surface area contributed by atoms with E-state index in [0.29, 0.717) is 10.9 Å². The van der Waals surface area contributed by atoms with E-state index in [1.807, 2.05) is 12.1 Å². The molecular weight excluding hydrogens is 305 g/mol. The molecule has 3 aromatic heterocycles. The number of anilines is 1. The molecule has 0 saturated heterocycles. The zero-order chi connectivity index (χ0) is 13.2. The van der Waals surface area contributed by atoms with Crippen LogP contribution >= 0.6 is 34.5 Å². The maximum absolute atomic E-state index is 5.93. The molecule has 1 N–H and O–H groups in total. The first kappa shape index (κ1) is 12.7. The van der Waals surface area contributed by atoms with Gasteiger partial charge in [0.2, 0.25) is 0 Å². The number of rotatable bonds is 4. The molecule has 0 unspecified atom stereocenters. The van der Waals surface area contributed by atoms with Crippen molar-refractivity contribution < 1.29 is 0 Å². The Bertz CT molecular complexity index is 708. The maximum Gasteiger partial charge on any atom is 0.255 e. The molecule has 98 valence electrons. The van der Waals surface area contributed by atoms with Gasteiger partial charge >= 0.3 is 0 Å². The van der Waals surface area contributed by atoms with Crippen LogP contribution in [0, 0.1) is 0 Å². The first-order valence-corrected chi connectivity index (χ1v) is 7.14. The van der Waals surface area contributed by atoms with Gasteiger partial charge in [0.1, 0.15) is 17.3 Å². The van der Waals surface area contributed by atoms with Gasteiger partial charge in [-0.15, -0.1) is 11.3 Å². The molecule has 0 fully saturated rings. The van der Waals surface area contributed by atoms with Crippen LogP contribution in [0.5, 0.6) is 0 Å². The highest BCUT2D eigenvalue weighted by Gasteiger charge is 2.06. The second kappa shape index (κ2) is 5.32. The lowest BCUT2D eigenvalue weighted by Gasteiger charge is -2.07. The molecule has 0 spiro atoms. The molecule has 3 rings (SSSR count). The van der Waals surface area contributed by atoms with E-state index in [0.717, 1.165) is 23.1 Å². The van der Waals surface area contributed by atoms with Gasteiger partial charge in [0.05, 0.1) is 4.34 Å². The minimum absolute atomic E-state index is 0.391. The van der Waals surface area contributed by atoms with E-state index in [9.17, 15) is 0 Å². The average molecular weight is 314 g/mol. The van der Waals surface area contributed by atoms with Crippen molar-refractivity contribution in [3.63, 3.8) is 0 Å². The summed E-state index contributed by atoms with van der Waals surface area (Å²) in [5, 5.41) is 7.76. The summed E-state index contributed by atoms with van der Waals surface area (Å²) < 4.78 is 2.42. The molecule has 0 aliphatic heterocycles. The molecule has 8 heteroatoms. The van der Waals surface area contributed by atoms with Crippen molar-refractivity contribution in [1.82, 2.24) is 19.6 Å². The highest BCUT2D eigenvalue weighted by Crippen LogP contribution is 2.22. The van der Waals surface area contributed by atoms with Gasteiger partial charge in [0, 0.05) is 17.5 Å². The van der Waals surface area contributed by atoms with Crippen LogP contribution in [0.15, 0.2) is 24.5 Å². The average Bonchev–Trinajstić information content (AvgIpc) is 2.98. The normalized spacial score (nSPS) is 11.1. The van der Waals surface area contributed by atoms with Gasteiger partial charge < -0.3 is 5.32 Å². The summed E-state index contributed by atoms with van der Waals surface area (Å²) in [4.78, 5) is 9.31. The van der Waals surface area contributed by atoms with Gasteiger partial charge in [-0.25, -0.2) is 0 Å². The number of thiophene rings is 1. The Balaban J connectivity index is 1.73. The van der Waals surface area contributed by atoms with Crippen LogP contribution in [0.4, 0.5) is 5.82 Å². The lowest BCUT2D eigenvalue weighted by molar-refractivity contribution is 0.917. The minimum atomic E-state index is 0.391. The standard InChI is InChI=1S/C11H9Cl2N5S/c12-8-5-10(18-11(17-8)15-6-16-18)14-4-3-7-1-2-9(13)19-7/h1-2,5-6,14H,3-4H2. The van der Waals surface area contributed by atoms with Crippen LogP contribution in [-0.4, -0.2) is 26.1 Å². The second-order valence-electron chi connectivity index (χ2n) is 3.82. The first-order valence-electron chi connectivity index (χ1n) is 5.57. The molecule has 0 amide bonds. The zero-order valence-electron chi connectivity index (χ0n) is 9.68. The zero-order valence-corrected chi connectivity index (χ0v) is 12.0. The molecule has 5 nitrogen and oxygen atoms in total. The molecule has 19 heavy (non-hydrogen) atoms. The number of nitrogens with zero attached hydrogens (tertiary/aromatic N) is 4. The smallest absolute Gasteiger partial charge is 0.255 e. The fourth-order valence-corrected chi connectivity index (χ4v) is 2.98. The Labute approximate surface area is 123 Å². The van der Waals surface area contributed by atoms with Crippen molar-refractivity contribution in [1.29, 1.82) is 0 Å². The van der Waals surface area contributed by atoms with Crippen molar-refractivity contribution in [2.24, 2.45) is 0 Å². The number of halogens is 2. The van der Waals surface area contributed by atoms with E-state index in [4.69, 9.17) is 23.2 Å². The van der Waals surface area contributed by atoms with Crippen molar-refractivity contribution in [2.45, 2.75) is 6.42 Å². The molecule has 0 atom stereocenters. The second-order valence-corrected chi connectivity index (χ2v) is 6.01. The molecule has 0 aliphatic rings. The molecular formula is C11H9Cl2N5S. The molecule has 0 bridgehead atoms. The monoisotopic (exact) mass is 313 g/mol. The Morgan fingerprint density at radius 1 is 1.32 bits per heavy atom. The topological polar surface area (TPSA) is 55.1 Å². The van der Waals surface area contributed by atoms with Gasteiger partial charge in [-0.1, -0.05) is 23.2 Å². The number of fused-ring (bicyclic) bond motifs is 1. The molecule has 3 heterocycles. The van der Waals surface area contributed by atoms with Gasteiger partial charge in [0.25, 0.3) is 5.78 Å². The summed E-state index contributed by atoms with van der Waals surface area (Å²) in [5.74, 6) is 1.25. The van der Waals surface area contributed by atoms with Crippen molar-refractivity contribution in [3.8, 4) is 0 Å². The highest BCUT2D eigenvalue weighted by molar-refractivity contribution is 7.16. The lowest BCUT2D eigenvalue weighted by Crippen LogP contribution is -2.09. The van der Waals surface area contributed by atoms with Crippen LogP contribution in [0.3, 0.4) is 0 Å². The minimum Gasteiger partial charge on any atom is -0.369 e. The fraction of sp³-hybridized carbons (Fsp3) is 0.182. The Morgan fingerprint density at radius 3 is 3.00 bits per heavy atom. The summed E-state index contributed by atoms with van der Waals surface area (Å²) in [6.07, 6.45) is 2.33. The van der Waals surface area contributed by atoms with Crippen molar-refractivity contribution in [3.05, 3.63) is 38.9 Å². The molecule has 0 aliphatic carbocycles. The third-order valence-electron chi connectivity index (χ3n) is 2.53. The van der Waals surface area contributed by atoms with E-state index in [1.54, 1.807) is 21.9 Å². The number of hydrogen-bond acceptors (Lipinski definition) is 5. The quantitative estimate of drug-likeness (QED) is 0.752. The highest BCUT2D eigenvalue weighted by atomic mass is 35.5. The fourth-order valence-electron chi connectivity index (χ4n) is 1.71. The van der Waals surface area contributed by atoms with Crippen LogP contribution in [0.1, 0.15) is 4.88 Å². The summed E-state index contributed by atoms with van der Waals surface area (Å²) in [6, 6.07) is 5.66. The SMILES string of the molecule is Clc1cc(NCCc2ccc(Cl)s2)n2ncnc2n1. The number of nitrogens with one attached hydrogen (secondary N) is 1. The predicted octanol–water partition coefficient (Wildman–Crippen LogP) is 3.15.